The molecule has 1 unspecified atom stereocenters. The summed E-state index contributed by atoms with van der Waals surface area (Å²) in [5, 5.41) is 11.3. The molecule has 0 aromatic heterocycles. The molecule has 192 valence electrons. The van der Waals surface area contributed by atoms with E-state index in [2.05, 4.69) is 0 Å². The van der Waals surface area contributed by atoms with Crippen molar-refractivity contribution in [1.29, 1.82) is 0 Å². The Morgan fingerprint density at radius 3 is 2.46 bits per heavy atom. The molecule has 1 atom stereocenters. The summed E-state index contributed by atoms with van der Waals surface area (Å²) in [6, 6.07) is 9.43. The number of allylic oxidation sites excluding steroid dienone is 2. The Hall–Kier alpha value is -2.45. The first-order valence-corrected chi connectivity index (χ1v) is 14.2. The van der Waals surface area contributed by atoms with Crippen LogP contribution in [0.4, 0.5) is 0 Å². The van der Waals surface area contributed by atoms with Crippen molar-refractivity contribution in [1.82, 2.24) is 0 Å². The van der Waals surface area contributed by atoms with Gasteiger partial charge in [-0.05, 0) is 81.9 Å². The first-order chi connectivity index (χ1) is 16.6. The van der Waals surface area contributed by atoms with Crippen LogP contribution < -0.4 is 4.74 Å². The van der Waals surface area contributed by atoms with Gasteiger partial charge >= 0.3 is 5.97 Å². The van der Waals surface area contributed by atoms with Gasteiger partial charge in [0.05, 0.1) is 19.6 Å². The minimum atomic E-state index is -3.75. The van der Waals surface area contributed by atoms with Crippen LogP contribution in [0.2, 0.25) is 0 Å². The number of hydrogen-bond donors (Lipinski definition) is 1. The molecule has 0 bridgehead atoms. The average Bonchev–Trinajstić information content (AvgIpc) is 3.10. The number of aliphatic hydroxyl groups is 1. The Balaban J connectivity index is 1.58. The lowest BCUT2D eigenvalue weighted by Gasteiger charge is -2.27. The van der Waals surface area contributed by atoms with Crippen molar-refractivity contribution in [2.45, 2.75) is 63.4 Å². The number of unbranched alkanes of at least 4 members (excludes halogenated alkanes) is 1. The highest BCUT2D eigenvalue weighted by Gasteiger charge is 2.44. The topological polar surface area (TPSA) is 107 Å². The smallest absolute Gasteiger partial charge is 0.308 e. The van der Waals surface area contributed by atoms with Gasteiger partial charge in [-0.3, -0.25) is 9.59 Å². The zero-order valence-corrected chi connectivity index (χ0v) is 21.4. The predicted octanol–water partition coefficient (Wildman–Crippen LogP) is 4.16. The second-order valence-electron chi connectivity index (χ2n) is 9.59. The van der Waals surface area contributed by atoms with E-state index in [-0.39, 0.29) is 28.8 Å². The molecule has 0 aliphatic heterocycles. The molecule has 7 nitrogen and oxygen atoms in total. The highest BCUT2D eigenvalue weighted by Crippen LogP contribution is 2.38. The average molecular weight is 505 g/mol. The van der Waals surface area contributed by atoms with E-state index in [4.69, 9.17) is 9.47 Å². The molecule has 3 rings (SSSR count). The van der Waals surface area contributed by atoms with Gasteiger partial charge < -0.3 is 14.6 Å². The number of methoxy groups -OCH3 is 1. The lowest BCUT2D eigenvalue weighted by atomic mass is 9.79. The first kappa shape index (κ1) is 27.1. The fraction of sp³-hybridized carbons (Fsp3) is 0.556. The number of Topliss-reactive ketones (excluding diaryl/α,β-unsaturated/α-hetero) is 1. The third-order valence-electron chi connectivity index (χ3n) is 6.97. The second kappa shape index (κ2) is 12.0. The predicted molar refractivity (Wildman–Crippen MR) is 133 cm³/mol. The number of carbonyl (C=O) groups excluding carboxylic acids is 2. The van der Waals surface area contributed by atoms with Gasteiger partial charge in [-0.1, -0.05) is 24.3 Å². The summed E-state index contributed by atoms with van der Waals surface area (Å²) in [5.41, 5.74) is -1.43. The molecule has 35 heavy (non-hydrogen) atoms. The summed E-state index contributed by atoms with van der Waals surface area (Å²) in [4.78, 5) is 24.3. The van der Waals surface area contributed by atoms with Gasteiger partial charge in [0, 0.05) is 11.8 Å². The SMILES string of the molecule is COC(=O)C1CCC(CCC=C2C(=O)C(S(C)(=O)=O)=CC2(O)CCCCOc2ccccc2)CC1. The van der Waals surface area contributed by atoms with Crippen molar-refractivity contribution in [2.24, 2.45) is 11.8 Å². The summed E-state index contributed by atoms with van der Waals surface area (Å²) in [6.07, 6.45) is 10.2. The van der Waals surface area contributed by atoms with Crippen molar-refractivity contribution < 1.29 is 32.6 Å². The second-order valence-corrected chi connectivity index (χ2v) is 11.6. The maximum absolute atomic E-state index is 12.9. The molecule has 1 aromatic rings. The van der Waals surface area contributed by atoms with Crippen LogP contribution in [-0.2, 0) is 24.2 Å². The molecular weight excluding hydrogens is 468 g/mol. The zero-order valence-electron chi connectivity index (χ0n) is 20.6. The summed E-state index contributed by atoms with van der Waals surface area (Å²) < 4.78 is 34.8. The van der Waals surface area contributed by atoms with Crippen molar-refractivity contribution in [3.8, 4) is 5.75 Å². The fourth-order valence-electron chi connectivity index (χ4n) is 4.96. The lowest BCUT2D eigenvalue weighted by Crippen LogP contribution is -2.28. The molecule has 8 heteroatoms. The van der Waals surface area contributed by atoms with E-state index in [1.807, 2.05) is 30.3 Å². The summed E-state index contributed by atoms with van der Waals surface area (Å²) in [5.74, 6) is 0.395. The third kappa shape index (κ3) is 7.27. The van der Waals surface area contributed by atoms with Gasteiger partial charge in [-0.25, -0.2) is 8.42 Å². The number of carbonyl (C=O) groups is 2. The minimum absolute atomic E-state index is 0.0384. The monoisotopic (exact) mass is 504 g/mol. The van der Waals surface area contributed by atoms with Crippen LogP contribution in [0.15, 0.2) is 53.0 Å². The maximum Gasteiger partial charge on any atom is 0.308 e. The number of esters is 1. The van der Waals surface area contributed by atoms with E-state index in [0.29, 0.717) is 31.8 Å². The Kier molecular flexibility index (Phi) is 9.30. The van der Waals surface area contributed by atoms with E-state index in [0.717, 1.165) is 44.1 Å². The number of para-hydroxylation sites is 1. The quantitative estimate of drug-likeness (QED) is 0.274. The molecule has 1 N–H and O–H groups in total. The Labute approximate surface area is 208 Å². The molecule has 0 heterocycles. The number of benzene rings is 1. The number of sulfone groups is 1. The standard InChI is InChI=1S/C27H36O7S/c1-33-26(29)21-15-13-20(14-16-21)9-8-12-23-25(28)24(35(2,31)32)19-27(23,30)17-6-7-18-34-22-10-4-3-5-11-22/h3-5,10-12,19-21,30H,6-9,13-18H2,1-2H3. The van der Waals surface area contributed by atoms with Crippen LogP contribution in [-0.4, -0.2) is 50.9 Å². The molecule has 0 radical (unpaired) electrons. The molecule has 0 spiro atoms. The largest absolute Gasteiger partial charge is 0.494 e. The Morgan fingerprint density at radius 2 is 1.83 bits per heavy atom. The maximum atomic E-state index is 12.9. The van der Waals surface area contributed by atoms with E-state index in [9.17, 15) is 23.1 Å². The van der Waals surface area contributed by atoms with Crippen molar-refractivity contribution in [2.75, 3.05) is 20.0 Å². The molecule has 2 aliphatic rings. The molecule has 1 fully saturated rings. The molecule has 0 amide bonds. The molecule has 2 aliphatic carbocycles. The van der Waals surface area contributed by atoms with Crippen LogP contribution in [0.3, 0.4) is 0 Å². The van der Waals surface area contributed by atoms with E-state index < -0.39 is 21.2 Å². The minimum Gasteiger partial charge on any atom is -0.494 e. The van der Waals surface area contributed by atoms with Gasteiger partial charge in [0.1, 0.15) is 16.3 Å². The van der Waals surface area contributed by atoms with Gasteiger partial charge in [0.15, 0.2) is 9.84 Å². The highest BCUT2D eigenvalue weighted by molar-refractivity contribution is 7.95. The first-order valence-electron chi connectivity index (χ1n) is 12.3. The fourth-order valence-corrected chi connectivity index (χ4v) is 5.82. The number of ether oxygens (including phenoxy) is 2. The van der Waals surface area contributed by atoms with E-state index in [1.165, 1.54) is 13.2 Å². The molecular formula is C27H36O7S. The van der Waals surface area contributed by atoms with Crippen molar-refractivity contribution >= 4 is 21.6 Å². The third-order valence-corrected chi connectivity index (χ3v) is 8.08. The Morgan fingerprint density at radius 1 is 1.14 bits per heavy atom. The van der Waals surface area contributed by atoms with E-state index >= 15 is 0 Å². The number of hydrogen-bond acceptors (Lipinski definition) is 7. The number of rotatable bonds is 11. The van der Waals surface area contributed by atoms with Crippen molar-refractivity contribution in [3.63, 3.8) is 0 Å². The van der Waals surface area contributed by atoms with Crippen LogP contribution in [0.5, 0.6) is 5.75 Å². The summed E-state index contributed by atoms with van der Waals surface area (Å²) in [7, 11) is -2.33. The zero-order chi connectivity index (χ0) is 25.5. The van der Waals surface area contributed by atoms with Gasteiger partial charge in [0.2, 0.25) is 5.78 Å². The Bertz CT molecular complexity index is 1050. The van der Waals surface area contributed by atoms with Gasteiger partial charge in [-0.2, -0.15) is 0 Å². The van der Waals surface area contributed by atoms with Crippen LogP contribution >= 0.6 is 0 Å². The van der Waals surface area contributed by atoms with Crippen LogP contribution in [0.1, 0.15) is 57.8 Å². The number of ketones is 1. The molecule has 0 saturated heterocycles. The summed E-state index contributed by atoms with van der Waals surface area (Å²) >= 11 is 0. The normalized spacial score (nSPS) is 26.0. The van der Waals surface area contributed by atoms with Gasteiger partial charge in [-0.15, -0.1) is 0 Å². The molecule has 1 aromatic carbocycles. The summed E-state index contributed by atoms with van der Waals surface area (Å²) in [6.45, 7) is 0.462. The van der Waals surface area contributed by atoms with Crippen LogP contribution in [0.25, 0.3) is 0 Å². The van der Waals surface area contributed by atoms with Gasteiger partial charge in [0.25, 0.3) is 0 Å². The molecule has 1 saturated carbocycles. The lowest BCUT2D eigenvalue weighted by molar-refractivity contribution is -0.146. The van der Waals surface area contributed by atoms with Crippen molar-refractivity contribution in [3.05, 3.63) is 53.0 Å². The van der Waals surface area contributed by atoms with E-state index in [1.54, 1.807) is 6.08 Å². The highest BCUT2D eigenvalue weighted by atomic mass is 32.2. The van der Waals surface area contributed by atoms with Crippen LogP contribution in [0, 0.1) is 11.8 Å².